The molecule has 7 heteroatoms. The van der Waals surface area contributed by atoms with Gasteiger partial charge in [0.1, 0.15) is 0 Å². The highest BCUT2D eigenvalue weighted by atomic mass is 32.2. The van der Waals surface area contributed by atoms with E-state index in [1.54, 1.807) is 12.1 Å². The van der Waals surface area contributed by atoms with Crippen molar-refractivity contribution in [2.45, 2.75) is 4.90 Å². The van der Waals surface area contributed by atoms with Crippen molar-refractivity contribution in [1.29, 1.82) is 0 Å². The number of benzene rings is 2. The fourth-order valence-corrected chi connectivity index (χ4v) is 3.65. The van der Waals surface area contributed by atoms with Crippen molar-refractivity contribution in [2.75, 3.05) is 5.32 Å². The van der Waals surface area contributed by atoms with Crippen LogP contribution in [0, 0.1) is 10.1 Å². The molecule has 0 spiro atoms. The number of nitro groups is 1. The van der Waals surface area contributed by atoms with Crippen molar-refractivity contribution in [3.8, 4) is 5.69 Å². The topological polar surface area (TPSA) is 77.2 Å². The van der Waals surface area contributed by atoms with Gasteiger partial charge in [-0.2, -0.15) is 0 Å². The van der Waals surface area contributed by atoms with Gasteiger partial charge in [0.05, 0.1) is 15.5 Å². The maximum absolute atomic E-state index is 12.4. The first kappa shape index (κ1) is 16.2. The molecule has 128 valence electrons. The van der Waals surface area contributed by atoms with Crippen molar-refractivity contribution in [2.24, 2.45) is 0 Å². The van der Waals surface area contributed by atoms with E-state index in [0.29, 0.717) is 4.91 Å². The lowest BCUT2D eigenvalue weighted by molar-refractivity contribution is -0.384. The molecule has 0 saturated carbocycles. The maximum atomic E-state index is 12.4. The van der Waals surface area contributed by atoms with Gasteiger partial charge in [0.2, 0.25) is 0 Å². The number of hydrogen-bond donors (Lipinski definition) is 1. The first-order chi connectivity index (χ1) is 12.6. The number of para-hydroxylation sites is 1. The predicted molar refractivity (Wildman–Crippen MR) is 101 cm³/mol. The Morgan fingerprint density at radius 1 is 1.04 bits per heavy atom. The van der Waals surface area contributed by atoms with Crippen LogP contribution in [0.3, 0.4) is 0 Å². The molecule has 2 aromatic carbocycles. The standard InChI is InChI=1S/C19H13N3O3S/c23-19-18(26-17-6-2-1-5-16(17)20-19)12-15-4-3-11-21(15)13-7-9-14(10-8-13)22(24)25/h1-12H,(H,20,23)/b18-12-. The van der Waals surface area contributed by atoms with Gasteiger partial charge in [0.25, 0.3) is 11.6 Å². The highest BCUT2D eigenvalue weighted by Gasteiger charge is 2.21. The summed E-state index contributed by atoms with van der Waals surface area (Å²) in [4.78, 5) is 24.3. The number of anilines is 1. The number of nitro benzene ring substituents is 1. The second-order valence-electron chi connectivity index (χ2n) is 5.64. The normalized spacial score (nSPS) is 14.8. The molecule has 0 atom stereocenters. The summed E-state index contributed by atoms with van der Waals surface area (Å²) < 4.78 is 1.88. The molecule has 1 aliphatic heterocycles. The fraction of sp³-hybridized carbons (Fsp3) is 0. The number of carbonyl (C=O) groups is 1. The average Bonchev–Trinajstić information content (AvgIpc) is 3.10. The van der Waals surface area contributed by atoms with Gasteiger partial charge < -0.3 is 9.88 Å². The first-order valence-corrected chi connectivity index (χ1v) is 8.65. The van der Waals surface area contributed by atoms with Crippen LogP contribution in [-0.2, 0) is 4.79 Å². The number of rotatable bonds is 3. The Morgan fingerprint density at radius 3 is 2.58 bits per heavy atom. The Hall–Kier alpha value is -3.32. The van der Waals surface area contributed by atoms with E-state index < -0.39 is 4.92 Å². The third-order valence-corrected chi connectivity index (χ3v) is 5.08. The van der Waals surface area contributed by atoms with Crippen molar-refractivity contribution < 1.29 is 9.72 Å². The molecule has 4 rings (SSSR count). The minimum atomic E-state index is -0.428. The molecule has 26 heavy (non-hydrogen) atoms. The van der Waals surface area contributed by atoms with Crippen LogP contribution in [0.5, 0.6) is 0 Å². The van der Waals surface area contributed by atoms with Crippen molar-refractivity contribution in [1.82, 2.24) is 4.57 Å². The summed E-state index contributed by atoms with van der Waals surface area (Å²) in [7, 11) is 0. The molecule has 0 bridgehead atoms. The van der Waals surface area contributed by atoms with E-state index >= 15 is 0 Å². The zero-order valence-electron chi connectivity index (χ0n) is 13.5. The number of nitrogens with one attached hydrogen (secondary N) is 1. The maximum Gasteiger partial charge on any atom is 0.269 e. The van der Waals surface area contributed by atoms with Crippen LogP contribution in [-0.4, -0.2) is 15.4 Å². The number of thioether (sulfide) groups is 1. The number of fused-ring (bicyclic) bond motifs is 1. The van der Waals surface area contributed by atoms with Crippen molar-refractivity contribution in [3.63, 3.8) is 0 Å². The number of hydrogen-bond acceptors (Lipinski definition) is 4. The van der Waals surface area contributed by atoms with Crippen LogP contribution in [0.15, 0.2) is 76.7 Å². The van der Waals surface area contributed by atoms with E-state index in [1.807, 2.05) is 53.2 Å². The largest absolute Gasteiger partial charge is 0.320 e. The summed E-state index contributed by atoms with van der Waals surface area (Å²) in [5.74, 6) is -0.148. The van der Waals surface area contributed by atoms with Gasteiger partial charge in [-0.15, -0.1) is 0 Å². The lowest BCUT2D eigenvalue weighted by Crippen LogP contribution is -2.17. The second kappa shape index (κ2) is 6.53. The van der Waals surface area contributed by atoms with Gasteiger partial charge in [-0.25, -0.2) is 0 Å². The predicted octanol–water partition coefficient (Wildman–Crippen LogP) is 4.47. The summed E-state index contributed by atoms with van der Waals surface area (Å²) in [6.07, 6.45) is 3.67. The fourth-order valence-electron chi connectivity index (χ4n) is 2.72. The van der Waals surface area contributed by atoms with Crippen LogP contribution in [0.1, 0.15) is 5.69 Å². The molecular weight excluding hydrogens is 350 g/mol. The van der Waals surface area contributed by atoms with E-state index in [1.165, 1.54) is 23.9 Å². The van der Waals surface area contributed by atoms with Crippen LogP contribution in [0.4, 0.5) is 11.4 Å². The van der Waals surface area contributed by atoms with Crippen LogP contribution in [0.2, 0.25) is 0 Å². The molecule has 0 fully saturated rings. The van der Waals surface area contributed by atoms with E-state index in [-0.39, 0.29) is 11.6 Å². The Kier molecular flexibility index (Phi) is 4.06. The summed E-state index contributed by atoms with van der Waals surface area (Å²) in [5.41, 5.74) is 2.45. The third-order valence-electron chi connectivity index (χ3n) is 3.98. The SMILES string of the molecule is O=C1Nc2ccccc2S/C1=C\c1cccn1-c1ccc([N+](=O)[O-])cc1. The number of amides is 1. The third kappa shape index (κ3) is 3.00. The zero-order chi connectivity index (χ0) is 18.1. The Morgan fingerprint density at radius 2 is 1.81 bits per heavy atom. The number of nitrogens with zero attached hydrogens (tertiary/aromatic N) is 2. The van der Waals surface area contributed by atoms with Crippen molar-refractivity contribution in [3.05, 3.63) is 87.6 Å². The highest BCUT2D eigenvalue weighted by molar-refractivity contribution is 8.04. The van der Waals surface area contributed by atoms with Crippen LogP contribution < -0.4 is 5.32 Å². The molecule has 0 unspecified atom stereocenters. The Labute approximate surface area is 153 Å². The number of non-ortho nitro benzene ring substituents is 1. The minimum Gasteiger partial charge on any atom is -0.320 e. The van der Waals surface area contributed by atoms with Crippen molar-refractivity contribution >= 4 is 35.1 Å². The van der Waals surface area contributed by atoms with Crippen LogP contribution in [0.25, 0.3) is 11.8 Å². The molecular formula is C19H13N3O3S. The number of aromatic nitrogens is 1. The van der Waals surface area contributed by atoms with Gasteiger partial charge in [-0.05, 0) is 42.5 Å². The lowest BCUT2D eigenvalue weighted by Gasteiger charge is -2.18. The monoisotopic (exact) mass is 363 g/mol. The summed E-state index contributed by atoms with van der Waals surface area (Å²) in [6.45, 7) is 0. The lowest BCUT2D eigenvalue weighted by atomic mass is 10.2. The van der Waals surface area contributed by atoms with Gasteiger partial charge in [0.15, 0.2) is 0 Å². The summed E-state index contributed by atoms with van der Waals surface area (Å²) >= 11 is 1.42. The Balaban J connectivity index is 1.68. The van der Waals surface area contributed by atoms with E-state index in [4.69, 9.17) is 0 Å². The minimum absolute atomic E-state index is 0.0413. The zero-order valence-corrected chi connectivity index (χ0v) is 14.3. The Bertz CT molecular complexity index is 1040. The van der Waals surface area contributed by atoms with Crippen LogP contribution >= 0.6 is 11.8 Å². The van der Waals surface area contributed by atoms with E-state index in [9.17, 15) is 14.9 Å². The molecule has 3 aromatic rings. The molecule has 1 amide bonds. The molecule has 0 radical (unpaired) electrons. The molecule has 1 aromatic heterocycles. The molecule has 1 aliphatic rings. The second-order valence-corrected chi connectivity index (χ2v) is 6.72. The van der Waals surface area contributed by atoms with E-state index in [2.05, 4.69) is 5.32 Å². The molecule has 2 heterocycles. The summed E-state index contributed by atoms with van der Waals surface area (Å²) in [5, 5.41) is 13.7. The molecule has 1 N–H and O–H groups in total. The number of carbonyl (C=O) groups excluding carboxylic acids is 1. The molecule has 0 saturated heterocycles. The average molecular weight is 363 g/mol. The summed E-state index contributed by atoms with van der Waals surface area (Å²) in [6, 6.07) is 17.7. The highest BCUT2D eigenvalue weighted by Crippen LogP contribution is 2.38. The van der Waals surface area contributed by atoms with Gasteiger partial charge in [0, 0.05) is 34.6 Å². The van der Waals surface area contributed by atoms with E-state index in [0.717, 1.165) is 22.0 Å². The smallest absolute Gasteiger partial charge is 0.269 e. The quantitative estimate of drug-likeness (QED) is 0.423. The van der Waals surface area contributed by atoms with Gasteiger partial charge in [-0.1, -0.05) is 23.9 Å². The first-order valence-electron chi connectivity index (χ1n) is 7.84. The van der Waals surface area contributed by atoms with Gasteiger partial charge >= 0.3 is 0 Å². The molecule has 0 aliphatic carbocycles. The molecule has 6 nitrogen and oxygen atoms in total. The van der Waals surface area contributed by atoms with Gasteiger partial charge in [-0.3, -0.25) is 14.9 Å².